The number of hydrogen-bond acceptors (Lipinski definition) is 5. The molecule has 0 spiro atoms. The van der Waals surface area contributed by atoms with Gasteiger partial charge in [-0.1, -0.05) is 138 Å². The SMILES string of the molecule is CCCCCCCCCCCCCCC(C)CC(O)[C@H]1OC(OC2(P(=O)(O)O)CC[C@@]3(C)C(CCC4C3CC[C@@]3(C)C4CC[C@@H]3[C@H](C)CCC)C2)C[C@@H]1O. The molecular weight excluding hydrogens is 695 g/mol. The Morgan fingerprint density at radius 1 is 0.759 bits per heavy atom. The summed E-state index contributed by atoms with van der Waals surface area (Å²) in [5.74, 6) is 4.19. The number of rotatable bonds is 22. The zero-order valence-electron chi connectivity index (χ0n) is 35.7. The van der Waals surface area contributed by atoms with Gasteiger partial charge in [0.05, 0.1) is 12.2 Å². The molecule has 5 fully saturated rings. The van der Waals surface area contributed by atoms with Crippen LogP contribution < -0.4 is 0 Å². The van der Waals surface area contributed by atoms with Crippen LogP contribution in [0.25, 0.3) is 0 Å². The highest BCUT2D eigenvalue weighted by Crippen LogP contribution is 2.72. The molecule has 316 valence electrons. The van der Waals surface area contributed by atoms with Gasteiger partial charge in [0.15, 0.2) is 11.6 Å². The highest BCUT2D eigenvalue weighted by atomic mass is 31.2. The monoisotopic (exact) mass is 781 g/mol. The van der Waals surface area contributed by atoms with Gasteiger partial charge in [-0.05, 0) is 116 Å². The summed E-state index contributed by atoms with van der Waals surface area (Å²) < 4.78 is 26.0. The predicted octanol–water partition coefficient (Wildman–Crippen LogP) is 11.9. The third-order valence-corrected chi connectivity index (χ3v) is 18.3. The molecule has 4 saturated carbocycles. The summed E-state index contributed by atoms with van der Waals surface area (Å²) in [7, 11) is -4.67. The molecule has 1 saturated heterocycles. The first-order valence-corrected chi connectivity index (χ1v) is 25.0. The number of aliphatic hydroxyl groups excluding tert-OH is 2. The van der Waals surface area contributed by atoms with Crippen LogP contribution in [0, 0.1) is 52.3 Å². The quantitative estimate of drug-likeness (QED) is 0.0638. The average Bonchev–Trinajstić information content (AvgIpc) is 3.67. The van der Waals surface area contributed by atoms with E-state index < -0.39 is 37.5 Å². The van der Waals surface area contributed by atoms with Gasteiger partial charge >= 0.3 is 7.60 Å². The van der Waals surface area contributed by atoms with Crippen molar-refractivity contribution in [1.82, 2.24) is 0 Å². The lowest BCUT2D eigenvalue weighted by Crippen LogP contribution is -2.56. The van der Waals surface area contributed by atoms with Gasteiger partial charge in [0.1, 0.15) is 6.10 Å². The predicted molar refractivity (Wildman–Crippen MR) is 220 cm³/mol. The maximum Gasteiger partial charge on any atom is 0.357 e. The van der Waals surface area contributed by atoms with Crippen molar-refractivity contribution in [3.63, 3.8) is 0 Å². The van der Waals surface area contributed by atoms with Crippen molar-refractivity contribution in [3.8, 4) is 0 Å². The van der Waals surface area contributed by atoms with E-state index in [1.165, 1.54) is 109 Å². The molecule has 4 N–H and O–H groups in total. The fourth-order valence-corrected chi connectivity index (χ4v) is 14.7. The van der Waals surface area contributed by atoms with Gasteiger partial charge in [-0.15, -0.1) is 0 Å². The van der Waals surface area contributed by atoms with Crippen LogP contribution in [0.1, 0.15) is 208 Å². The molecule has 54 heavy (non-hydrogen) atoms. The lowest BCUT2D eigenvalue weighted by Gasteiger charge is -2.62. The average molecular weight is 781 g/mol. The van der Waals surface area contributed by atoms with Crippen LogP contribution in [0.2, 0.25) is 0 Å². The van der Waals surface area contributed by atoms with E-state index >= 15 is 0 Å². The fourth-order valence-electron chi connectivity index (χ4n) is 13.6. The maximum atomic E-state index is 13.4. The largest absolute Gasteiger partial charge is 0.390 e. The highest BCUT2D eigenvalue weighted by molar-refractivity contribution is 7.53. The second kappa shape index (κ2) is 19.8. The van der Waals surface area contributed by atoms with E-state index in [-0.39, 0.29) is 17.8 Å². The molecule has 5 rings (SSSR count). The molecule has 0 bridgehead atoms. The Kier molecular flexibility index (Phi) is 16.6. The molecule has 1 aliphatic heterocycles. The second-order valence-electron chi connectivity index (χ2n) is 20.4. The summed E-state index contributed by atoms with van der Waals surface area (Å²) in [6.45, 7) is 14.3. The van der Waals surface area contributed by atoms with Crippen molar-refractivity contribution in [3.05, 3.63) is 0 Å². The molecule has 0 amide bonds. The standard InChI is InChI=1S/C46H85O7P/c1-7-9-10-11-12-13-14-15-16-17-18-19-21-33(3)30-40(47)43-41(48)31-42(52-43)53-46(54(49,50)51)29-28-44(5)35(32-46)22-23-36-38-25-24-37(34(4)20-8-2)45(38,6)27-26-39(36)44/h33-43,47-48H,7-32H2,1-6H3,(H2,49,50,51)/t33?,34-,35?,36?,37-,38?,39?,40?,41+,42?,43-,44+,45-,46?/m1/s1. The first kappa shape index (κ1) is 45.1. The van der Waals surface area contributed by atoms with E-state index in [0.29, 0.717) is 42.4 Å². The minimum absolute atomic E-state index is 0.0534. The van der Waals surface area contributed by atoms with Crippen molar-refractivity contribution in [2.75, 3.05) is 0 Å². The topological polar surface area (TPSA) is 116 Å². The Hall–Kier alpha value is -0.0100. The molecule has 0 aromatic carbocycles. The van der Waals surface area contributed by atoms with E-state index in [9.17, 15) is 24.6 Å². The second-order valence-corrected chi connectivity index (χ2v) is 22.3. The van der Waals surface area contributed by atoms with E-state index in [1.807, 2.05) is 0 Å². The normalized spacial score (nSPS) is 39.8. The van der Waals surface area contributed by atoms with E-state index in [1.54, 1.807) is 0 Å². The number of ether oxygens (including phenoxy) is 2. The lowest BCUT2D eigenvalue weighted by atomic mass is 9.44. The Bertz CT molecular complexity index is 1180. The van der Waals surface area contributed by atoms with Crippen LogP contribution >= 0.6 is 7.60 Å². The number of hydrogen-bond donors (Lipinski definition) is 4. The summed E-state index contributed by atoms with van der Waals surface area (Å²) >= 11 is 0. The molecule has 8 heteroatoms. The fraction of sp³-hybridized carbons (Fsp3) is 1.00. The molecule has 14 atom stereocenters. The minimum atomic E-state index is -4.67. The number of unbranched alkanes of at least 4 members (excludes halogenated alkanes) is 11. The molecule has 4 aliphatic carbocycles. The van der Waals surface area contributed by atoms with Gasteiger partial charge < -0.3 is 29.5 Å². The van der Waals surface area contributed by atoms with Gasteiger partial charge in [0.2, 0.25) is 0 Å². The highest BCUT2D eigenvalue weighted by Gasteiger charge is 2.65. The zero-order valence-corrected chi connectivity index (χ0v) is 36.6. The van der Waals surface area contributed by atoms with Crippen LogP contribution in [0.15, 0.2) is 0 Å². The molecule has 1 heterocycles. The van der Waals surface area contributed by atoms with Crippen LogP contribution in [-0.2, 0) is 14.0 Å². The smallest absolute Gasteiger partial charge is 0.357 e. The molecule has 0 aromatic rings. The van der Waals surface area contributed by atoms with Crippen LogP contribution in [-0.4, -0.2) is 49.9 Å². The Morgan fingerprint density at radius 3 is 2.02 bits per heavy atom. The first-order chi connectivity index (χ1) is 25.7. The summed E-state index contributed by atoms with van der Waals surface area (Å²) in [6.07, 6.45) is 25.5. The van der Waals surface area contributed by atoms with Crippen molar-refractivity contribution in [1.29, 1.82) is 0 Å². The number of fused-ring (bicyclic) bond motifs is 5. The Morgan fingerprint density at radius 2 is 1.39 bits per heavy atom. The van der Waals surface area contributed by atoms with Crippen LogP contribution in [0.4, 0.5) is 0 Å². The van der Waals surface area contributed by atoms with Gasteiger partial charge in [-0.3, -0.25) is 4.57 Å². The molecular formula is C46H85O7P. The van der Waals surface area contributed by atoms with Gasteiger partial charge in [0.25, 0.3) is 0 Å². The van der Waals surface area contributed by atoms with E-state index in [2.05, 4.69) is 41.5 Å². The molecule has 0 radical (unpaired) electrons. The maximum absolute atomic E-state index is 13.4. The van der Waals surface area contributed by atoms with E-state index in [0.717, 1.165) is 49.9 Å². The summed E-state index contributed by atoms with van der Waals surface area (Å²) in [6, 6.07) is 0. The lowest BCUT2D eigenvalue weighted by molar-refractivity contribution is -0.223. The van der Waals surface area contributed by atoms with Gasteiger partial charge in [0, 0.05) is 6.42 Å². The third-order valence-electron chi connectivity index (χ3n) is 16.8. The minimum Gasteiger partial charge on any atom is -0.390 e. The molecule has 7 nitrogen and oxygen atoms in total. The summed E-state index contributed by atoms with van der Waals surface area (Å²) in [5.41, 5.74) is 0.482. The Balaban J connectivity index is 1.08. The summed E-state index contributed by atoms with van der Waals surface area (Å²) in [5, 5.41) is 20.6. The molecule has 8 unspecified atom stereocenters. The van der Waals surface area contributed by atoms with Crippen LogP contribution in [0.5, 0.6) is 0 Å². The van der Waals surface area contributed by atoms with Crippen molar-refractivity contribution in [2.45, 2.75) is 238 Å². The molecule has 0 aromatic heterocycles. The van der Waals surface area contributed by atoms with E-state index in [4.69, 9.17) is 9.47 Å². The zero-order chi connectivity index (χ0) is 39.1. The molecule has 5 aliphatic rings. The Labute approximate surface area is 331 Å². The van der Waals surface area contributed by atoms with Crippen molar-refractivity contribution < 1.29 is 34.0 Å². The first-order valence-electron chi connectivity index (χ1n) is 23.4. The third kappa shape index (κ3) is 10.2. The van der Waals surface area contributed by atoms with Gasteiger partial charge in [-0.2, -0.15) is 0 Å². The number of aliphatic hydroxyl groups is 2. The van der Waals surface area contributed by atoms with Crippen molar-refractivity contribution in [2.24, 2.45) is 52.3 Å². The van der Waals surface area contributed by atoms with Crippen LogP contribution in [0.3, 0.4) is 0 Å². The van der Waals surface area contributed by atoms with Crippen molar-refractivity contribution >= 4 is 7.60 Å². The summed E-state index contributed by atoms with van der Waals surface area (Å²) in [4.78, 5) is 21.9. The van der Waals surface area contributed by atoms with Gasteiger partial charge in [-0.25, -0.2) is 0 Å².